The van der Waals surface area contributed by atoms with E-state index >= 15 is 0 Å². The summed E-state index contributed by atoms with van der Waals surface area (Å²) < 4.78 is 4.62. The molecule has 0 unspecified atom stereocenters. The van der Waals surface area contributed by atoms with Crippen molar-refractivity contribution < 1.29 is 9.53 Å². The molecule has 0 aliphatic carbocycles. The standard InChI is InChI=1S/C10H7N3O2/c1-15-10(14)8-3-6(4-11)2-7-5-12-13-9(7)8/h2-3,5H,1H3,(H,12,13). The van der Waals surface area contributed by atoms with Crippen molar-refractivity contribution in [3.05, 3.63) is 29.5 Å². The van der Waals surface area contributed by atoms with Crippen LogP contribution < -0.4 is 0 Å². The Labute approximate surface area is 85.3 Å². The van der Waals surface area contributed by atoms with Crippen molar-refractivity contribution in [2.75, 3.05) is 7.11 Å². The molecule has 2 rings (SSSR count). The monoisotopic (exact) mass is 201 g/mol. The zero-order chi connectivity index (χ0) is 10.8. The molecule has 2 aromatic rings. The van der Waals surface area contributed by atoms with Crippen molar-refractivity contribution in [2.24, 2.45) is 0 Å². The molecule has 0 saturated heterocycles. The van der Waals surface area contributed by atoms with Crippen LogP contribution in [0, 0.1) is 11.3 Å². The number of ether oxygens (including phenoxy) is 1. The number of esters is 1. The third-order valence-electron chi connectivity index (χ3n) is 2.08. The van der Waals surface area contributed by atoms with Crippen LogP contribution >= 0.6 is 0 Å². The second-order valence-electron chi connectivity index (χ2n) is 2.96. The van der Waals surface area contributed by atoms with E-state index in [0.29, 0.717) is 16.6 Å². The number of methoxy groups -OCH3 is 1. The highest BCUT2D eigenvalue weighted by atomic mass is 16.5. The number of nitrogens with one attached hydrogen (secondary N) is 1. The predicted octanol–water partition coefficient (Wildman–Crippen LogP) is 1.22. The van der Waals surface area contributed by atoms with E-state index < -0.39 is 5.97 Å². The van der Waals surface area contributed by atoms with Crippen LogP contribution in [0.3, 0.4) is 0 Å². The van der Waals surface area contributed by atoms with Crippen LogP contribution in [0.2, 0.25) is 0 Å². The molecule has 0 saturated carbocycles. The predicted molar refractivity (Wildman–Crippen MR) is 52.1 cm³/mol. The van der Waals surface area contributed by atoms with Crippen LogP contribution in [0.25, 0.3) is 10.9 Å². The fourth-order valence-electron chi connectivity index (χ4n) is 1.39. The second kappa shape index (κ2) is 3.42. The van der Waals surface area contributed by atoms with Gasteiger partial charge in [0, 0.05) is 5.39 Å². The normalized spacial score (nSPS) is 9.87. The number of H-pyrrole nitrogens is 1. The van der Waals surface area contributed by atoms with Gasteiger partial charge < -0.3 is 4.74 Å². The molecular formula is C10H7N3O2. The lowest BCUT2D eigenvalue weighted by Gasteiger charge is -2.00. The number of rotatable bonds is 1. The number of fused-ring (bicyclic) bond motifs is 1. The maximum atomic E-state index is 11.4. The Morgan fingerprint density at radius 2 is 2.40 bits per heavy atom. The molecule has 0 atom stereocenters. The fourth-order valence-corrected chi connectivity index (χ4v) is 1.39. The first-order valence-corrected chi connectivity index (χ1v) is 4.22. The van der Waals surface area contributed by atoms with E-state index in [-0.39, 0.29) is 0 Å². The Balaban J connectivity index is 2.75. The third kappa shape index (κ3) is 1.42. The molecule has 1 aromatic heterocycles. The van der Waals surface area contributed by atoms with Gasteiger partial charge in [-0.15, -0.1) is 0 Å². The lowest BCUT2D eigenvalue weighted by atomic mass is 10.1. The van der Waals surface area contributed by atoms with Crippen molar-refractivity contribution in [3.8, 4) is 6.07 Å². The van der Waals surface area contributed by atoms with Gasteiger partial charge in [0.05, 0.1) is 36.0 Å². The first-order valence-electron chi connectivity index (χ1n) is 4.22. The number of carbonyl (C=O) groups excluding carboxylic acids is 1. The molecule has 0 amide bonds. The summed E-state index contributed by atoms with van der Waals surface area (Å²) in [6.07, 6.45) is 1.56. The van der Waals surface area contributed by atoms with Gasteiger partial charge in [-0.1, -0.05) is 0 Å². The van der Waals surface area contributed by atoms with E-state index in [1.54, 1.807) is 12.3 Å². The zero-order valence-corrected chi connectivity index (χ0v) is 7.94. The largest absolute Gasteiger partial charge is 0.465 e. The van der Waals surface area contributed by atoms with E-state index in [1.807, 2.05) is 6.07 Å². The van der Waals surface area contributed by atoms with Gasteiger partial charge >= 0.3 is 5.97 Å². The summed E-state index contributed by atoms with van der Waals surface area (Å²) in [7, 11) is 1.30. The number of aromatic amines is 1. The average Bonchev–Trinajstić information content (AvgIpc) is 2.74. The summed E-state index contributed by atoms with van der Waals surface area (Å²) >= 11 is 0. The molecule has 1 N–H and O–H groups in total. The molecule has 0 bridgehead atoms. The van der Waals surface area contributed by atoms with Gasteiger partial charge in [0.1, 0.15) is 0 Å². The summed E-state index contributed by atoms with van der Waals surface area (Å²) in [6, 6.07) is 5.12. The topological polar surface area (TPSA) is 78.8 Å². The number of carbonyl (C=O) groups is 1. The Bertz CT molecular complexity index is 566. The van der Waals surface area contributed by atoms with Gasteiger partial charge in [-0.3, -0.25) is 5.10 Å². The summed E-state index contributed by atoms with van der Waals surface area (Å²) in [5.74, 6) is -0.485. The highest BCUT2D eigenvalue weighted by Crippen LogP contribution is 2.19. The van der Waals surface area contributed by atoms with Gasteiger partial charge in [0.25, 0.3) is 0 Å². The molecule has 0 spiro atoms. The fraction of sp³-hybridized carbons (Fsp3) is 0.100. The van der Waals surface area contributed by atoms with Crippen LogP contribution in [-0.4, -0.2) is 23.3 Å². The molecular weight excluding hydrogens is 194 g/mol. The van der Waals surface area contributed by atoms with Crippen molar-refractivity contribution in [1.82, 2.24) is 10.2 Å². The number of aromatic nitrogens is 2. The number of hydrogen-bond acceptors (Lipinski definition) is 4. The summed E-state index contributed by atoms with van der Waals surface area (Å²) in [5.41, 5.74) is 1.31. The van der Waals surface area contributed by atoms with Gasteiger partial charge in [0.15, 0.2) is 0 Å². The van der Waals surface area contributed by atoms with Gasteiger partial charge in [-0.25, -0.2) is 4.79 Å². The van der Waals surface area contributed by atoms with E-state index in [9.17, 15) is 4.79 Å². The van der Waals surface area contributed by atoms with Crippen molar-refractivity contribution >= 4 is 16.9 Å². The smallest absolute Gasteiger partial charge is 0.340 e. The molecule has 5 nitrogen and oxygen atoms in total. The Morgan fingerprint density at radius 1 is 1.60 bits per heavy atom. The van der Waals surface area contributed by atoms with Crippen molar-refractivity contribution in [3.63, 3.8) is 0 Å². The van der Waals surface area contributed by atoms with Crippen LogP contribution in [0.1, 0.15) is 15.9 Å². The third-order valence-corrected chi connectivity index (χ3v) is 2.08. The second-order valence-corrected chi connectivity index (χ2v) is 2.96. The molecule has 0 aliphatic heterocycles. The number of nitriles is 1. The first kappa shape index (κ1) is 9.21. The number of hydrogen-bond donors (Lipinski definition) is 1. The molecule has 1 heterocycles. The lowest BCUT2D eigenvalue weighted by molar-refractivity contribution is 0.0602. The minimum atomic E-state index is -0.485. The van der Waals surface area contributed by atoms with Crippen molar-refractivity contribution in [1.29, 1.82) is 5.26 Å². The number of nitrogens with zero attached hydrogens (tertiary/aromatic N) is 2. The maximum Gasteiger partial charge on any atom is 0.340 e. The minimum Gasteiger partial charge on any atom is -0.465 e. The minimum absolute atomic E-state index is 0.323. The summed E-state index contributed by atoms with van der Waals surface area (Å²) in [6.45, 7) is 0. The molecule has 74 valence electrons. The lowest BCUT2D eigenvalue weighted by Crippen LogP contribution is -2.02. The van der Waals surface area contributed by atoms with Gasteiger partial charge in [-0.2, -0.15) is 10.4 Å². The van der Waals surface area contributed by atoms with Crippen LogP contribution in [0.4, 0.5) is 0 Å². The molecule has 5 heteroatoms. The molecule has 0 radical (unpaired) electrons. The Morgan fingerprint density at radius 3 is 3.07 bits per heavy atom. The molecule has 1 aromatic carbocycles. The van der Waals surface area contributed by atoms with Gasteiger partial charge in [0.2, 0.25) is 0 Å². The van der Waals surface area contributed by atoms with Crippen LogP contribution in [-0.2, 0) is 4.74 Å². The zero-order valence-electron chi connectivity index (χ0n) is 7.94. The average molecular weight is 201 g/mol. The molecule has 15 heavy (non-hydrogen) atoms. The highest BCUT2D eigenvalue weighted by Gasteiger charge is 2.13. The van der Waals surface area contributed by atoms with E-state index in [2.05, 4.69) is 14.9 Å². The summed E-state index contributed by atoms with van der Waals surface area (Å²) in [5, 5.41) is 16.0. The molecule has 0 fully saturated rings. The molecule has 0 aliphatic rings. The van der Waals surface area contributed by atoms with Crippen LogP contribution in [0.15, 0.2) is 18.3 Å². The highest BCUT2D eigenvalue weighted by molar-refractivity contribution is 6.03. The maximum absolute atomic E-state index is 11.4. The van der Waals surface area contributed by atoms with E-state index in [4.69, 9.17) is 5.26 Å². The van der Waals surface area contributed by atoms with Gasteiger partial charge in [-0.05, 0) is 12.1 Å². The Hall–Kier alpha value is -2.35. The number of benzene rings is 1. The quantitative estimate of drug-likeness (QED) is 0.703. The van der Waals surface area contributed by atoms with E-state index in [0.717, 1.165) is 5.39 Å². The van der Waals surface area contributed by atoms with Crippen molar-refractivity contribution in [2.45, 2.75) is 0 Å². The summed E-state index contributed by atoms with van der Waals surface area (Å²) in [4.78, 5) is 11.4. The Kier molecular flexibility index (Phi) is 2.10. The van der Waals surface area contributed by atoms with Crippen LogP contribution in [0.5, 0.6) is 0 Å². The van der Waals surface area contributed by atoms with E-state index in [1.165, 1.54) is 13.2 Å². The SMILES string of the molecule is COC(=O)c1cc(C#N)cc2cn[nH]c12. The first-order chi connectivity index (χ1) is 7.26.